The molecule has 0 aromatic carbocycles. The predicted molar refractivity (Wildman–Crippen MR) is 115 cm³/mol. The average Bonchev–Trinajstić information content (AvgIpc) is 3.49. The fourth-order valence-corrected chi connectivity index (χ4v) is 4.71. The lowest BCUT2D eigenvalue weighted by Gasteiger charge is -2.39. The van der Waals surface area contributed by atoms with E-state index < -0.39 is 0 Å². The number of guanidine groups is 1. The largest absolute Gasteiger partial charge is 0.465 e. The van der Waals surface area contributed by atoms with Crippen LogP contribution in [0.15, 0.2) is 40.3 Å². The third-order valence-corrected chi connectivity index (χ3v) is 6.46. The molecular weight excluding hydrogens is 364 g/mol. The van der Waals surface area contributed by atoms with E-state index in [9.17, 15) is 0 Å². The Balaban J connectivity index is 1.43. The molecule has 2 fully saturated rings. The number of aryl methyl sites for hydroxylation is 1. The molecular formula is C22H34N6O. The Morgan fingerprint density at radius 2 is 2.14 bits per heavy atom. The molecule has 4 heterocycles. The predicted octanol–water partition coefficient (Wildman–Crippen LogP) is 3.08. The Kier molecular flexibility index (Phi) is 6.23. The van der Waals surface area contributed by atoms with Crippen molar-refractivity contribution >= 4 is 5.96 Å². The Hall–Kier alpha value is -2.28. The van der Waals surface area contributed by atoms with Crippen LogP contribution in [0.25, 0.3) is 0 Å². The Morgan fingerprint density at radius 1 is 1.31 bits per heavy atom. The van der Waals surface area contributed by atoms with Crippen LogP contribution in [0, 0.1) is 12.8 Å². The quantitative estimate of drug-likeness (QED) is 0.619. The Labute approximate surface area is 173 Å². The second-order valence-electron chi connectivity index (χ2n) is 8.42. The minimum Gasteiger partial charge on any atom is -0.465 e. The molecule has 0 spiro atoms. The van der Waals surface area contributed by atoms with Gasteiger partial charge in [0.2, 0.25) is 0 Å². The molecule has 0 amide bonds. The molecule has 2 saturated heterocycles. The zero-order chi connectivity index (χ0) is 20.2. The van der Waals surface area contributed by atoms with Crippen molar-refractivity contribution < 1.29 is 4.42 Å². The number of piperidine rings is 1. The maximum absolute atomic E-state index is 6.00. The van der Waals surface area contributed by atoms with Gasteiger partial charge >= 0.3 is 0 Å². The topological polar surface area (TPSA) is 61.8 Å². The SMILES string of the molecule is CN=C(NCC(c1ccc(C)o1)N1CCCC1)N1CCC(C)C(n2ccnc2)C1. The summed E-state index contributed by atoms with van der Waals surface area (Å²) >= 11 is 0. The van der Waals surface area contributed by atoms with Crippen molar-refractivity contribution in [2.45, 2.75) is 45.2 Å². The standard InChI is InChI=1S/C22H34N6O/c1-17-8-12-27(15-20(17)28-13-9-24-16-28)22(23-3)25-14-19(26-10-4-5-11-26)21-7-6-18(2)29-21/h6-7,9,13,16-17,19-20H,4-5,8,10-12,14-15H2,1-3H3,(H,23,25). The second-order valence-corrected chi connectivity index (χ2v) is 8.42. The zero-order valence-corrected chi connectivity index (χ0v) is 17.9. The minimum atomic E-state index is 0.246. The van der Waals surface area contributed by atoms with Gasteiger partial charge in [0.15, 0.2) is 5.96 Å². The summed E-state index contributed by atoms with van der Waals surface area (Å²) in [6, 6.07) is 4.86. The fourth-order valence-electron chi connectivity index (χ4n) is 4.71. The summed E-state index contributed by atoms with van der Waals surface area (Å²) in [6.07, 6.45) is 9.55. The van der Waals surface area contributed by atoms with E-state index >= 15 is 0 Å². The number of rotatable bonds is 5. The maximum atomic E-state index is 6.00. The first-order valence-electron chi connectivity index (χ1n) is 10.9. The zero-order valence-electron chi connectivity index (χ0n) is 17.9. The van der Waals surface area contributed by atoms with Gasteiger partial charge in [-0.3, -0.25) is 9.89 Å². The molecule has 0 saturated carbocycles. The first-order chi connectivity index (χ1) is 14.2. The minimum absolute atomic E-state index is 0.246. The lowest BCUT2D eigenvalue weighted by molar-refractivity contribution is 0.183. The van der Waals surface area contributed by atoms with Crippen LogP contribution in [0.2, 0.25) is 0 Å². The first kappa shape index (κ1) is 20.0. The molecule has 0 radical (unpaired) electrons. The summed E-state index contributed by atoms with van der Waals surface area (Å²) in [7, 11) is 1.88. The highest BCUT2D eigenvalue weighted by molar-refractivity contribution is 5.80. The molecule has 158 valence electrons. The van der Waals surface area contributed by atoms with Crippen molar-refractivity contribution in [2.75, 3.05) is 39.8 Å². The molecule has 1 N–H and O–H groups in total. The molecule has 7 nitrogen and oxygen atoms in total. The Bertz CT molecular complexity index is 792. The van der Waals surface area contributed by atoms with E-state index in [1.165, 1.54) is 12.8 Å². The molecule has 2 aromatic rings. The van der Waals surface area contributed by atoms with E-state index in [1.807, 2.05) is 26.5 Å². The van der Waals surface area contributed by atoms with E-state index in [0.29, 0.717) is 12.0 Å². The van der Waals surface area contributed by atoms with Crippen LogP contribution in [0.4, 0.5) is 0 Å². The van der Waals surface area contributed by atoms with Crippen LogP contribution in [-0.4, -0.2) is 65.1 Å². The molecule has 4 rings (SSSR count). The lowest BCUT2D eigenvalue weighted by Crippen LogP contribution is -2.50. The van der Waals surface area contributed by atoms with Gasteiger partial charge in [-0.25, -0.2) is 4.98 Å². The molecule has 2 aliphatic heterocycles. The number of aliphatic imine (C=N–C) groups is 1. The van der Waals surface area contributed by atoms with Gasteiger partial charge in [0.05, 0.1) is 18.4 Å². The van der Waals surface area contributed by atoms with Crippen molar-refractivity contribution in [3.05, 3.63) is 42.4 Å². The van der Waals surface area contributed by atoms with Gasteiger partial charge < -0.3 is 19.2 Å². The second kappa shape index (κ2) is 9.03. The summed E-state index contributed by atoms with van der Waals surface area (Å²) in [5.74, 6) is 3.63. The van der Waals surface area contributed by atoms with E-state index in [0.717, 1.165) is 56.6 Å². The number of nitrogens with one attached hydrogen (secondary N) is 1. The van der Waals surface area contributed by atoms with Crippen molar-refractivity contribution in [3.8, 4) is 0 Å². The van der Waals surface area contributed by atoms with Gasteiger partial charge in [0.25, 0.3) is 0 Å². The summed E-state index contributed by atoms with van der Waals surface area (Å²) in [5, 5.41) is 3.65. The highest BCUT2D eigenvalue weighted by atomic mass is 16.3. The smallest absolute Gasteiger partial charge is 0.193 e. The van der Waals surface area contributed by atoms with E-state index in [2.05, 4.69) is 54.9 Å². The number of hydrogen-bond acceptors (Lipinski definition) is 4. The number of hydrogen-bond donors (Lipinski definition) is 1. The van der Waals surface area contributed by atoms with E-state index in [1.54, 1.807) is 0 Å². The number of likely N-dealkylation sites (tertiary alicyclic amines) is 2. The van der Waals surface area contributed by atoms with Crippen LogP contribution < -0.4 is 5.32 Å². The molecule has 2 aliphatic rings. The van der Waals surface area contributed by atoms with Crippen LogP contribution in [0.3, 0.4) is 0 Å². The molecule has 0 bridgehead atoms. The van der Waals surface area contributed by atoms with E-state index in [-0.39, 0.29) is 6.04 Å². The van der Waals surface area contributed by atoms with Gasteiger partial charge in [0.1, 0.15) is 11.5 Å². The first-order valence-corrected chi connectivity index (χ1v) is 10.9. The number of furan rings is 1. The third kappa shape index (κ3) is 4.50. The molecule has 29 heavy (non-hydrogen) atoms. The lowest BCUT2D eigenvalue weighted by atomic mass is 9.93. The van der Waals surface area contributed by atoms with Gasteiger partial charge in [-0.15, -0.1) is 0 Å². The molecule has 3 atom stereocenters. The summed E-state index contributed by atoms with van der Waals surface area (Å²) < 4.78 is 8.24. The third-order valence-electron chi connectivity index (χ3n) is 6.46. The normalized spacial score (nSPS) is 24.8. The van der Waals surface area contributed by atoms with Crippen LogP contribution in [0.5, 0.6) is 0 Å². The highest BCUT2D eigenvalue weighted by Crippen LogP contribution is 2.28. The van der Waals surface area contributed by atoms with Crippen molar-refractivity contribution in [3.63, 3.8) is 0 Å². The van der Waals surface area contributed by atoms with Crippen LogP contribution in [0.1, 0.15) is 49.8 Å². The van der Waals surface area contributed by atoms with Crippen molar-refractivity contribution in [1.82, 2.24) is 24.7 Å². The van der Waals surface area contributed by atoms with Gasteiger partial charge in [0, 0.05) is 39.1 Å². The molecule has 7 heteroatoms. The number of imidazole rings is 1. The summed E-state index contributed by atoms with van der Waals surface area (Å²) in [6.45, 7) is 9.40. The van der Waals surface area contributed by atoms with Gasteiger partial charge in [-0.05, 0) is 57.3 Å². The summed E-state index contributed by atoms with van der Waals surface area (Å²) in [4.78, 5) is 13.8. The molecule has 3 unspecified atom stereocenters. The Morgan fingerprint density at radius 3 is 2.79 bits per heavy atom. The van der Waals surface area contributed by atoms with Crippen molar-refractivity contribution in [2.24, 2.45) is 10.9 Å². The van der Waals surface area contributed by atoms with Crippen molar-refractivity contribution in [1.29, 1.82) is 0 Å². The average molecular weight is 399 g/mol. The van der Waals surface area contributed by atoms with Gasteiger partial charge in [-0.2, -0.15) is 0 Å². The maximum Gasteiger partial charge on any atom is 0.193 e. The highest BCUT2D eigenvalue weighted by Gasteiger charge is 2.30. The van der Waals surface area contributed by atoms with Gasteiger partial charge in [-0.1, -0.05) is 6.92 Å². The number of aromatic nitrogens is 2. The van der Waals surface area contributed by atoms with Crippen LogP contribution in [-0.2, 0) is 0 Å². The molecule has 0 aliphatic carbocycles. The molecule has 2 aromatic heterocycles. The van der Waals surface area contributed by atoms with E-state index in [4.69, 9.17) is 4.42 Å². The summed E-state index contributed by atoms with van der Waals surface area (Å²) in [5.41, 5.74) is 0. The number of nitrogens with zero attached hydrogens (tertiary/aromatic N) is 5. The monoisotopic (exact) mass is 398 g/mol. The fraction of sp³-hybridized carbons (Fsp3) is 0.636. The van der Waals surface area contributed by atoms with Crippen LogP contribution >= 0.6 is 0 Å².